The second-order valence-electron chi connectivity index (χ2n) is 13.7. The molecule has 2 aliphatic rings. The maximum atomic E-state index is 13.8. The van der Waals surface area contributed by atoms with Gasteiger partial charge in [-0.3, -0.25) is 0 Å². The highest BCUT2D eigenvalue weighted by molar-refractivity contribution is 5.69. The van der Waals surface area contributed by atoms with Crippen LogP contribution in [0.25, 0.3) is 0 Å². The molecule has 11 nitrogen and oxygen atoms in total. The SMILES string of the molecule is O=C(OCc1ccccc1)N1CCc2cc(OCc3ccccc3)c(OCc3ccccc3)cc2[C@H]1Cc1ccc(O[C@@H]2O[C@H](CO)[C@@H](O)[C@H](O)[C@H]2O)cc1. The molecule has 2 aliphatic heterocycles. The average Bonchev–Trinajstić information content (AvgIpc) is 3.23. The molecule has 5 aromatic rings. The first kappa shape index (κ1) is 37.9. The van der Waals surface area contributed by atoms with Crippen molar-refractivity contribution < 1.29 is 48.9 Å². The van der Waals surface area contributed by atoms with Gasteiger partial charge in [0.05, 0.1) is 12.6 Å². The van der Waals surface area contributed by atoms with Gasteiger partial charge in [0.2, 0.25) is 6.29 Å². The fraction of sp³-hybridized carbons (Fsp3) is 0.295. The third-order valence-electron chi connectivity index (χ3n) is 9.93. The predicted octanol–water partition coefficient (Wildman–Crippen LogP) is 5.50. The molecule has 0 unspecified atom stereocenters. The fourth-order valence-electron chi connectivity index (χ4n) is 6.87. The lowest BCUT2D eigenvalue weighted by Crippen LogP contribution is -2.60. The lowest BCUT2D eigenvalue weighted by molar-refractivity contribution is -0.277. The Bertz CT molecular complexity index is 1980. The van der Waals surface area contributed by atoms with Gasteiger partial charge in [0.1, 0.15) is 50.0 Å². The molecule has 0 radical (unpaired) electrons. The van der Waals surface area contributed by atoms with Gasteiger partial charge in [-0.2, -0.15) is 0 Å². The third-order valence-corrected chi connectivity index (χ3v) is 9.93. The number of aliphatic hydroxyl groups excluding tert-OH is 4. The first-order valence-electron chi connectivity index (χ1n) is 18.4. The Labute approximate surface area is 319 Å². The Morgan fingerprint density at radius 3 is 1.82 bits per heavy atom. The zero-order valence-corrected chi connectivity index (χ0v) is 30.2. The highest BCUT2D eigenvalue weighted by Gasteiger charge is 2.44. The maximum Gasteiger partial charge on any atom is 0.410 e. The molecule has 55 heavy (non-hydrogen) atoms. The summed E-state index contributed by atoms with van der Waals surface area (Å²) in [6.07, 6.45) is -6.40. The van der Waals surface area contributed by atoms with E-state index in [1.54, 1.807) is 17.0 Å². The van der Waals surface area contributed by atoms with Crippen molar-refractivity contribution in [2.75, 3.05) is 13.2 Å². The molecule has 1 fully saturated rings. The van der Waals surface area contributed by atoms with Crippen LogP contribution in [0.15, 0.2) is 127 Å². The Balaban J connectivity index is 1.17. The standard InChI is InChI=1S/C44H45NO10/c46-25-39-40(47)41(48)42(49)43(55-39)54-34-18-16-29(17-19-34)22-36-35-24-38(52-27-31-12-6-2-7-13-31)37(51-26-30-10-4-1-5-11-30)23-33(35)20-21-45(36)44(50)53-28-32-14-8-3-9-15-32/h1-19,23-24,36,39-43,46-49H,20-22,25-28H2/t36-,39-,40-,41+,42-,43-/m1/s1. The first-order chi connectivity index (χ1) is 26.9. The van der Waals surface area contributed by atoms with E-state index in [-0.39, 0.29) is 6.61 Å². The summed E-state index contributed by atoms with van der Waals surface area (Å²) in [6.45, 7) is 0.685. The minimum absolute atomic E-state index is 0.136. The number of benzene rings is 5. The zero-order valence-electron chi connectivity index (χ0n) is 30.2. The molecule has 286 valence electrons. The smallest absolute Gasteiger partial charge is 0.410 e. The van der Waals surface area contributed by atoms with Crippen molar-refractivity contribution in [2.24, 2.45) is 0 Å². The largest absolute Gasteiger partial charge is 0.485 e. The molecule has 0 spiro atoms. The van der Waals surface area contributed by atoms with E-state index in [0.29, 0.717) is 49.8 Å². The first-order valence-corrected chi connectivity index (χ1v) is 18.4. The lowest BCUT2D eigenvalue weighted by Gasteiger charge is -2.39. The van der Waals surface area contributed by atoms with Gasteiger partial charge in [0.15, 0.2) is 11.5 Å². The van der Waals surface area contributed by atoms with Crippen LogP contribution in [0, 0.1) is 0 Å². The number of carbonyl (C=O) groups excluding carboxylic acids is 1. The van der Waals surface area contributed by atoms with Crippen LogP contribution in [-0.2, 0) is 42.1 Å². The van der Waals surface area contributed by atoms with Crippen LogP contribution in [0.4, 0.5) is 4.79 Å². The van der Waals surface area contributed by atoms with E-state index < -0.39 is 49.4 Å². The Hall–Kier alpha value is -5.43. The quantitative estimate of drug-likeness (QED) is 0.122. The Kier molecular flexibility index (Phi) is 12.3. The highest BCUT2D eigenvalue weighted by atomic mass is 16.7. The molecule has 1 saturated heterocycles. The monoisotopic (exact) mass is 747 g/mol. The van der Waals surface area contributed by atoms with Gasteiger partial charge in [0.25, 0.3) is 0 Å². The number of aliphatic hydroxyl groups is 4. The number of amides is 1. The fourth-order valence-corrected chi connectivity index (χ4v) is 6.87. The van der Waals surface area contributed by atoms with Crippen molar-refractivity contribution in [2.45, 2.75) is 69.4 Å². The van der Waals surface area contributed by atoms with Crippen LogP contribution in [-0.4, -0.2) is 75.3 Å². The van der Waals surface area contributed by atoms with E-state index in [4.69, 9.17) is 23.7 Å². The molecule has 6 atom stereocenters. The normalized spacial score (nSPS) is 22.0. The van der Waals surface area contributed by atoms with Crippen LogP contribution >= 0.6 is 0 Å². The summed E-state index contributed by atoms with van der Waals surface area (Å²) in [5.41, 5.74) is 5.75. The van der Waals surface area contributed by atoms with E-state index in [2.05, 4.69) is 0 Å². The van der Waals surface area contributed by atoms with E-state index in [0.717, 1.165) is 33.4 Å². The van der Waals surface area contributed by atoms with Gasteiger partial charge < -0.3 is 49.0 Å². The Morgan fingerprint density at radius 2 is 1.24 bits per heavy atom. The topological polar surface area (TPSA) is 147 Å². The summed E-state index contributed by atoms with van der Waals surface area (Å²) in [5, 5.41) is 40.4. The van der Waals surface area contributed by atoms with Crippen LogP contribution in [0.3, 0.4) is 0 Å². The zero-order chi connectivity index (χ0) is 38.1. The summed E-state index contributed by atoms with van der Waals surface area (Å²) >= 11 is 0. The summed E-state index contributed by atoms with van der Waals surface area (Å²) in [6, 6.07) is 40.1. The molecule has 4 N–H and O–H groups in total. The van der Waals surface area contributed by atoms with E-state index in [9.17, 15) is 25.2 Å². The molecule has 0 saturated carbocycles. The molecule has 11 heteroatoms. The highest BCUT2D eigenvalue weighted by Crippen LogP contribution is 2.41. The summed E-state index contributed by atoms with van der Waals surface area (Å²) in [4.78, 5) is 15.6. The van der Waals surface area contributed by atoms with Gasteiger partial charge >= 0.3 is 6.09 Å². The molecule has 0 aromatic heterocycles. The van der Waals surface area contributed by atoms with Gasteiger partial charge in [-0.1, -0.05) is 103 Å². The maximum absolute atomic E-state index is 13.8. The van der Waals surface area contributed by atoms with Crippen molar-refractivity contribution in [3.63, 3.8) is 0 Å². The molecule has 0 bridgehead atoms. The van der Waals surface area contributed by atoms with Crippen LogP contribution < -0.4 is 14.2 Å². The lowest BCUT2D eigenvalue weighted by atomic mass is 9.88. The van der Waals surface area contributed by atoms with Crippen molar-refractivity contribution in [1.82, 2.24) is 4.90 Å². The second kappa shape index (κ2) is 17.8. The molecule has 5 aromatic carbocycles. The van der Waals surface area contributed by atoms with Gasteiger partial charge in [-0.05, 0) is 70.5 Å². The number of nitrogens with zero attached hydrogens (tertiary/aromatic N) is 1. The number of ether oxygens (including phenoxy) is 5. The number of fused-ring (bicyclic) bond motifs is 1. The minimum Gasteiger partial charge on any atom is -0.485 e. The second-order valence-corrected chi connectivity index (χ2v) is 13.7. The summed E-state index contributed by atoms with van der Waals surface area (Å²) in [5.74, 6) is 1.52. The number of hydrogen-bond donors (Lipinski definition) is 4. The average molecular weight is 748 g/mol. The number of hydrogen-bond acceptors (Lipinski definition) is 10. The molecule has 2 heterocycles. The van der Waals surface area contributed by atoms with Crippen molar-refractivity contribution >= 4 is 6.09 Å². The minimum atomic E-state index is -1.56. The van der Waals surface area contributed by atoms with Crippen LogP contribution in [0.5, 0.6) is 17.2 Å². The molecule has 0 aliphatic carbocycles. The van der Waals surface area contributed by atoms with Crippen molar-refractivity contribution in [3.05, 3.63) is 161 Å². The van der Waals surface area contributed by atoms with Gasteiger partial charge in [-0.15, -0.1) is 0 Å². The van der Waals surface area contributed by atoms with Gasteiger partial charge in [0, 0.05) is 6.54 Å². The molecule has 1 amide bonds. The number of rotatable bonds is 13. The third kappa shape index (κ3) is 9.27. The van der Waals surface area contributed by atoms with E-state index in [1.165, 1.54) is 0 Å². The van der Waals surface area contributed by atoms with Gasteiger partial charge in [-0.25, -0.2) is 4.79 Å². The predicted molar refractivity (Wildman–Crippen MR) is 202 cm³/mol. The van der Waals surface area contributed by atoms with Crippen LogP contribution in [0.2, 0.25) is 0 Å². The summed E-state index contributed by atoms with van der Waals surface area (Å²) < 4.78 is 30.0. The summed E-state index contributed by atoms with van der Waals surface area (Å²) in [7, 11) is 0. The van der Waals surface area contributed by atoms with E-state index >= 15 is 0 Å². The van der Waals surface area contributed by atoms with Crippen molar-refractivity contribution in [3.8, 4) is 17.2 Å². The number of carbonyl (C=O) groups is 1. The van der Waals surface area contributed by atoms with Crippen LogP contribution in [0.1, 0.15) is 39.4 Å². The molecule has 7 rings (SSSR count). The molecular weight excluding hydrogens is 702 g/mol. The Morgan fingerprint density at radius 1 is 0.673 bits per heavy atom. The molecular formula is C44H45NO10. The van der Waals surface area contributed by atoms with E-state index in [1.807, 2.05) is 115 Å². The van der Waals surface area contributed by atoms with Crippen molar-refractivity contribution in [1.29, 1.82) is 0 Å².